The van der Waals surface area contributed by atoms with E-state index in [0.717, 1.165) is 45.8 Å². The van der Waals surface area contributed by atoms with Crippen LogP contribution >= 0.6 is 11.3 Å². The smallest absolute Gasteiger partial charge is 0.162 e. The maximum Gasteiger partial charge on any atom is 0.162 e. The highest BCUT2D eigenvalue weighted by atomic mass is 32.1. The Bertz CT molecular complexity index is 1480. The number of ether oxygens (including phenoxy) is 3. The van der Waals surface area contributed by atoms with Crippen molar-refractivity contribution in [3.63, 3.8) is 0 Å². The van der Waals surface area contributed by atoms with Crippen molar-refractivity contribution in [1.82, 2.24) is 0 Å². The number of rotatable bonds is 7. The molecule has 2 heterocycles. The predicted octanol–water partition coefficient (Wildman–Crippen LogP) is 7.30. The fourth-order valence-corrected chi connectivity index (χ4v) is 6.34. The Morgan fingerprint density at radius 1 is 0.895 bits per heavy atom. The minimum atomic E-state index is -0.207. The third-order valence-corrected chi connectivity index (χ3v) is 8.39. The average Bonchev–Trinajstić information content (AvgIpc) is 3.50. The molecule has 4 aromatic rings. The summed E-state index contributed by atoms with van der Waals surface area (Å²) in [4.78, 5) is 15.0. The van der Waals surface area contributed by atoms with Crippen LogP contribution in [0.1, 0.15) is 46.2 Å². The first-order chi connectivity index (χ1) is 18.6. The van der Waals surface area contributed by atoms with Gasteiger partial charge in [-0.15, -0.1) is 11.3 Å². The van der Waals surface area contributed by atoms with Crippen LogP contribution in [0, 0.1) is 0 Å². The van der Waals surface area contributed by atoms with Gasteiger partial charge < -0.3 is 19.5 Å². The molecule has 0 saturated heterocycles. The van der Waals surface area contributed by atoms with Crippen LogP contribution in [-0.4, -0.2) is 20.0 Å². The lowest BCUT2D eigenvalue weighted by molar-refractivity contribution is -0.116. The summed E-state index contributed by atoms with van der Waals surface area (Å²) in [6, 6.07) is 26.4. The van der Waals surface area contributed by atoms with Crippen molar-refractivity contribution in [1.29, 1.82) is 0 Å². The Balaban J connectivity index is 1.38. The number of hydrogen-bond donors (Lipinski definition) is 1. The number of hydrogen-bond acceptors (Lipinski definition) is 6. The van der Waals surface area contributed by atoms with Crippen molar-refractivity contribution < 1.29 is 19.0 Å². The molecular weight excluding hydrogens is 494 g/mol. The second-order valence-corrected chi connectivity index (χ2v) is 10.6. The summed E-state index contributed by atoms with van der Waals surface area (Å²) in [6.45, 7) is 0.505. The Labute approximate surface area is 226 Å². The van der Waals surface area contributed by atoms with Gasteiger partial charge in [0.1, 0.15) is 12.4 Å². The fourth-order valence-electron chi connectivity index (χ4n) is 5.51. The third kappa shape index (κ3) is 4.56. The van der Waals surface area contributed by atoms with E-state index in [2.05, 4.69) is 35.0 Å². The van der Waals surface area contributed by atoms with Gasteiger partial charge in [0.2, 0.25) is 0 Å². The van der Waals surface area contributed by atoms with Crippen LogP contribution in [0.15, 0.2) is 95.5 Å². The zero-order chi connectivity index (χ0) is 26.1. The van der Waals surface area contributed by atoms with Gasteiger partial charge in [-0.05, 0) is 52.8 Å². The number of benzene rings is 3. The van der Waals surface area contributed by atoms with Crippen molar-refractivity contribution in [3.05, 3.63) is 117 Å². The Morgan fingerprint density at radius 2 is 1.66 bits per heavy atom. The number of thiophene rings is 1. The van der Waals surface area contributed by atoms with Crippen LogP contribution in [0.5, 0.6) is 17.2 Å². The Morgan fingerprint density at radius 3 is 2.37 bits per heavy atom. The minimum absolute atomic E-state index is 0.185. The molecule has 0 bridgehead atoms. The summed E-state index contributed by atoms with van der Waals surface area (Å²) in [5, 5.41) is 5.68. The van der Waals surface area contributed by atoms with Crippen LogP contribution in [0.3, 0.4) is 0 Å². The van der Waals surface area contributed by atoms with Crippen molar-refractivity contribution in [2.75, 3.05) is 19.5 Å². The lowest BCUT2D eigenvalue weighted by Crippen LogP contribution is -2.29. The standard InChI is InChI=1S/C32H29NO4S/c1-35-28-17-24-25(18-29(28)36-2)33-26-15-22(30-9-6-14-38-30)16-27(34)32(26)31(24)21-10-12-23(13-11-21)37-19-20-7-4-3-5-8-20/h3-14,17-18,22,31,33H,15-16,19H2,1-2H3/t22-,31+/m0/s1. The van der Waals surface area contributed by atoms with Gasteiger partial charge in [0.05, 0.1) is 14.2 Å². The van der Waals surface area contributed by atoms with Crippen LogP contribution < -0.4 is 19.5 Å². The summed E-state index contributed by atoms with van der Waals surface area (Å²) in [6.07, 6.45) is 1.31. The number of anilines is 1. The van der Waals surface area contributed by atoms with Gasteiger partial charge in [-0.3, -0.25) is 4.79 Å². The largest absolute Gasteiger partial charge is 0.493 e. The second kappa shape index (κ2) is 10.4. The molecule has 5 nitrogen and oxygen atoms in total. The van der Waals surface area contributed by atoms with Crippen molar-refractivity contribution in [2.24, 2.45) is 0 Å². The number of carbonyl (C=O) groups excluding carboxylic acids is 1. The molecular formula is C32H29NO4S. The molecule has 0 saturated carbocycles. The number of methoxy groups -OCH3 is 2. The zero-order valence-corrected chi connectivity index (χ0v) is 22.2. The number of Topliss-reactive ketones (excluding diaryl/α,β-unsaturated/α-hetero) is 1. The van der Waals surface area contributed by atoms with Crippen LogP contribution in [0.25, 0.3) is 0 Å². The highest BCUT2D eigenvalue weighted by Gasteiger charge is 2.39. The molecule has 1 aliphatic carbocycles. The van der Waals surface area contributed by atoms with E-state index in [-0.39, 0.29) is 17.6 Å². The summed E-state index contributed by atoms with van der Waals surface area (Å²) in [7, 11) is 3.27. The SMILES string of the molecule is COc1cc2c(cc1OC)[C@@H](c1ccc(OCc3ccccc3)cc1)C1=C(C[C@H](c3cccs3)CC1=O)N2. The van der Waals surface area contributed by atoms with E-state index in [9.17, 15) is 4.79 Å². The maximum absolute atomic E-state index is 13.8. The molecule has 3 aromatic carbocycles. The molecule has 0 unspecified atom stereocenters. The van der Waals surface area contributed by atoms with Gasteiger partial charge in [0.15, 0.2) is 17.3 Å². The number of nitrogens with one attached hydrogen (secondary N) is 1. The summed E-state index contributed by atoms with van der Waals surface area (Å²) < 4.78 is 17.3. The summed E-state index contributed by atoms with van der Waals surface area (Å²) in [5.74, 6) is 2.26. The molecule has 0 amide bonds. The van der Waals surface area contributed by atoms with Crippen LogP contribution in [0.4, 0.5) is 5.69 Å². The first-order valence-corrected chi connectivity index (χ1v) is 13.6. The Kier molecular flexibility index (Phi) is 6.64. The molecule has 6 heteroatoms. The highest BCUT2D eigenvalue weighted by molar-refractivity contribution is 7.10. The molecule has 0 radical (unpaired) electrons. The molecule has 6 rings (SSSR count). The quantitative estimate of drug-likeness (QED) is 0.275. The summed E-state index contributed by atoms with van der Waals surface area (Å²) >= 11 is 1.72. The minimum Gasteiger partial charge on any atom is -0.493 e. The molecule has 2 atom stereocenters. The van der Waals surface area contributed by atoms with E-state index in [4.69, 9.17) is 14.2 Å². The van der Waals surface area contributed by atoms with E-state index < -0.39 is 0 Å². The fraction of sp³-hybridized carbons (Fsp3) is 0.219. The van der Waals surface area contributed by atoms with Gasteiger partial charge in [-0.25, -0.2) is 0 Å². The third-order valence-electron chi connectivity index (χ3n) is 7.36. The van der Waals surface area contributed by atoms with E-state index in [0.29, 0.717) is 24.5 Å². The van der Waals surface area contributed by atoms with Gasteiger partial charge in [-0.1, -0.05) is 48.5 Å². The topological polar surface area (TPSA) is 56.8 Å². The predicted molar refractivity (Wildman–Crippen MR) is 151 cm³/mol. The molecule has 38 heavy (non-hydrogen) atoms. The molecule has 1 aromatic heterocycles. The first-order valence-electron chi connectivity index (χ1n) is 12.7. The number of allylic oxidation sites excluding steroid dienone is 2. The molecule has 192 valence electrons. The van der Waals surface area contributed by atoms with E-state index in [1.165, 1.54) is 4.88 Å². The first kappa shape index (κ1) is 24.3. The Hall–Kier alpha value is -4.03. The van der Waals surface area contributed by atoms with Crippen molar-refractivity contribution in [3.8, 4) is 17.2 Å². The number of fused-ring (bicyclic) bond motifs is 1. The van der Waals surface area contributed by atoms with Gasteiger partial charge >= 0.3 is 0 Å². The van der Waals surface area contributed by atoms with Gasteiger partial charge in [0.25, 0.3) is 0 Å². The molecule has 2 aliphatic rings. The average molecular weight is 524 g/mol. The lowest BCUT2D eigenvalue weighted by atomic mass is 9.73. The van der Waals surface area contributed by atoms with E-state index >= 15 is 0 Å². The van der Waals surface area contributed by atoms with E-state index in [1.807, 2.05) is 54.6 Å². The molecule has 0 spiro atoms. The lowest BCUT2D eigenvalue weighted by Gasteiger charge is -2.36. The van der Waals surface area contributed by atoms with Crippen LogP contribution in [0.2, 0.25) is 0 Å². The second-order valence-electron chi connectivity index (χ2n) is 9.63. The zero-order valence-electron chi connectivity index (χ0n) is 21.4. The van der Waals surface area contributed by atoms with E-state index in [1.54, 1.807) is 25.6 Å². The van der Waals surface area contributed by atoms with Crippen molar-refractivity contribution in [2.45, 2.75) is 31.3 Å². The highest BCUT2D eigenvalue weighted by Crippen LogP contribution is 2.50. The molecule has 1 aliphatic heterocycles. The summed E-state index contributed by atoms with van der Waals surface area (Å²) in [5.41, 5.74) is 5.94. The normalized spacial score (nSPS) is 18.3. The molecule has 1 N–H and O–H groups in total. The van der Waals surface area contributed by atoms with Crippen molar-refractivity contribution >= 4 is 22.8 Å². The maximum atomic E-state index is 13.8. The number of ketones is 1. The molecule has 0 fully saturated rings. The monoisotopic (exact) mass is 523 g/mol. The van der Waals surface area contributed by atoms with Gasteiger partial charge in [-0.2, -0.15) is 0 Å². The van der Waals surface area contributed by atoms with Crippen LogP contribution in [-0.2, 0) is 11.4 Å². The van der Waals surface area contributed by atoms with Gasteiger partial charge in [0, 0.05) is 46.2 Å². The number of carbonyl (C=O) groups is 1.